The average molecular weight is 275 g/mol. The summed E-state index contributed by atoms with van der Waals surface area (Å²) in [6, 6.07) is -0.986. The van der Waals surface area contributed by atoms with Gasteiger partial charge in [-0.15, -0.1) is 0 Å². The van der Waals surface area contributed by atoms with Gasteiger partial charge in [-0.25, -0.2) is 0 Å². The number of carbonyl (C=O) groups is 1. The number of carboxylic acids is 1. The highest BCUT2D eigenvalue weighted by Crippen LogP contribution is 2.61. The fourth-order valence-corrected chi connectivity index (χ4v) is 5.52. The molecule has 4 N–H and O–H groups in total. The third-order valence-corrected chi connectivity index (χ3v) is 5.86. The molecule has 1 unspecified atom stereocenters. The normalized spacial score (nSPS) is 40.0. The van der Waals surface area contributed by atoms with Gasteiger partial charge in [-0.3, -0.25) is 9.89 Å². The van der Waals surface area contributed by atoms with Crippen LogP contribution in [-0.2, 0) is 10.2 Å². The van der Waals surface area contributed by atoms with Gasteiger partial charge in [0.15, 0.2) is 0 Å². The second-order valence-electron chi connectivity index (χ2n) is 7.21. The van der Waals surface area contributed by atoms with E-state index in [0.29, 0.717) is 5.69 Å². The summed E-state index contributed by atoms with van der Waals surface area (Å²) in [7, 11) is 0. The molecule has 0 aromatic carbocycles. The van der Waals surface area contributed by atoms with Crippen LogP contribution in [-0.4, -0.2) is 21.3 Å². The van der Waals surface area contributed by atoms with Crippen molar-refractivity contribution < 1.29 is 9.90 Å². The van der Waals surface area contributed by atoms with Crippen LogP contribution in [0.5, 0.6) is 0 Å². The fourth-order valence-electron chi connectivity index (χ4n) is 5.52. The molecule has 4 aliphatic carbocycles. The third-order valence-electron chi connectivity index (χ3n) is 5.86. The summed E-state index contributed by atoms with van der Waals surface area (Å²) < 4.78 is 0. The first-order valence-corrected chi connectivity index (χ1v) is 7.59. The van der Waals surface area contributed by atoms with Crippen molar-refractivity contribution in [3.05, 3.63) is 17.5 Å². The van der Waals surface area contributed by atoms with Crippen LogP contribution >= 0.6 is 0 Å². The lowest BCUT2D eigenvalue weighted by atomic mass is 9.48. The van der Waals surface area contributed by atoms with E-state index in [0.717, 1.165) is 23.3 Å². The zero-order chi connectivity index (χ0) is 13.9. The smallest absolute Gasteiger partial charge is 0.326 e. The summed E-state index contributed by atoms with van der Waals surface area (Å²) >= 11 is 0. The van der Waals surface area contributed by atoms with E-state index in [1.165, 1.54) is 38.5 Å². The fraction of sp³-hybridized carbons (Fsp3) is 0.733. The lowest BCUT2D eigenvalue weighted by Gasteiger charge is -2.57. The molecule has 0 spiro atoms. The highest BCUT2D eigenvalue weighted by molar-refractivity contribution is 5.75. The second-order valence-corrected chi connectivity index (χ2v) is 7.21. The Morgan fingerprint density at radius 3 is 2.35 bits per heavy atom. The first kappa shape index (κ1) is 12.4. The molecular weight excluding hydrogens is 254 g/mol. The van der Waals surface area contributed by atoms with E-state index < -0.39 is 12.0 Å². The molecule has 1 atom stereocenters. The van der Waals surface area contributed by atoms with Gasteiger partial charge in [-0.2, -0.15) is 5.10 Å². The lowest BCUT2D eigenvalue weighted by molar-refractivity contribution is -0.138. The van der Waals surface area contributed by atoms with Gasteiger partial charge in [-0.1, -0.05) is 0 Å². The Morgan fingerprint density at radius 1 is 1.30 bits per heavy atom. The van der Waals surface area contributed by atoms with Gasteiger partial charge in [0.2, 0.25) is 0 Å². The average Bonchev–Trinajstić information content (AvgIpc) is 2.85. The molecule has 4 fully saturated rings. The van der Waals surface area contributed by atoms with Crippen LogP contribution in [0, 0.1) is 17.8 Å². The number of nitrogens with two attached hydrogens (primary N) is 1. The lowest BCUT2D eigenvalue weighted by Crippen LogP contribution is -2.49. The van der Waals surface area contributed by atoms with E-state index in [9.17, 15) is 9.90 Å². The number of H-pyrrole nitrogens is 1. The minimum atomic E-state index is -0.986. The quantitative estimate of drug-likeness (QED) is 0.786. The number of nitrogens with zero attached hydrogens (tertiary/aromatic N) is 1. The van der Waals surface area contributed by atoms with E-state index in [-0.39, 0.29) is 5.41 Å². The first-order chi connectivity index (χ1) is 9.57. The molecule has 1 aromatic heterocycles. The van der Waals surface area contributed by atoms with Crippen molar-refractivity contribution in [3.8, 4) is 0 Å². The van der Waals surface area contributed by atoms with Crippen molar-refractivity contribution in [3.63, 3.8) is 0 Å². The van der Waals surface area contributed by atoms with Crippen molar-refractivity contribution >= 4 is 5.97 Å². The summed E-state index contributed by atoms with van der Waals surface area (Å²) in [5.41, 5.74) is 7.69. The number of aromatic nitrogens is 2. The van der Waals surface area contributed by atoms with Gasteiger partial charge in [0.1, 0.15) is 6.04 Å². The summed E-state index contributed by atoms with van der Waals surface area (Å²) in [6.45, 7) is 0. The van der Waals surface area contributed by atoms with Crippen molar-refractivity contribution in [1.82, 2.24) is 10.2 Å². The van der Waals surface area contributed by atoms with Gasteiger partial charge >= 0.3 is 5.97 Å². The Balaban J connectivity index is 1.74. The molecule has 5 rings (SSSR count). The van der Waals surface area contributed by atoms with Crippen LogP contribution in [0.2, 0.25) is 0 Å². The summed E-state index contributed by atoms with van der Waals surface area (Å²) in [5.74, 6) is 1.49. The molecule has 4 aliphatic rings. The number of hydrogen-bond acceptors (Lipinski definition) is 3. The first-order valence-electron chi connectivity index (χ1n) is 7.59. The number of rotatable bonds is 3. The topological polar surface area (TPSA) is 92.0 Å². The van der Waals surface area contributed by atoms with Gasteiger partial charge in [0, 0.05) is 5.56 Å². The van der Waals surface area contributed by atoms with E-state index in [1.807, 2.05) is 6.20 Å². The standard InChI is InChI=1S/C15H21N3O2/c16-12(14(19)20)13-11(7-17-18-13)15-4-8-1-9(5-15)3-10(2-8)6-15/h7-10,12H,1-6,16H2,(H,17,18)(H,19,20). The molecule has 1 heterocycles. The van der Waals surface area contributed by atoms with E-state index in [4.69, 9.17) is 5.73 Å². The minimum Gasteiger partial charge on any atom is -0.480 e. The summed E-state index contributed by atoms with van der Waals surface area (Å²) in [6.07, 6.45) is 9.53. The second kappa shape index (κ2) is 4.07. The van der Waals surface area contributed by atoms with Crippen molar-refractivity contribution in [2.45, 2.75) is 50.0 Å². The predicted molar refractivity (Wildman–Crippen MR) is 73.0 cm³/mol. The molecule has 5 heteroatoms. The molecule has 5 nitrogen and oxygen atoms in total. The van der Waals surface area contributed by atoms with Crippen LogP contribution in [0.4, 0.5) is 0 Å². The minimum absolute atomic E-state index is 0.143. The van der Waals surface area contributed by atoms with Gasteiger partial charge in [-0.05, 0) is 61.7 Å². The maximum absolute atomic E-state index is 11.2. The summed E-state index contributed by atoms with van der Waals surface area (Å²) in [5, 5.41) is 16.2. The molecule has 0 saturated heterocycles. The molecule has 1 aromatic rings. The Labute approximate surface area is 117 Å². The van der Waals surface area contributed by atoms with Crippen LogP contribution in [0.25, 0.3) is 0 Å². The maximum atomic E-state index is 11.2. The number of carboxylic acid groups (broad SMARTS) is 1. The van der Waals surface area contributed by atoms with Crippen LogP contribution in [0.15, 0.2) is 6.20 Å². The number of nitrogens with one attached hydrogen (secondary N) is 1. The largest absolute Gasteiger partial charge is 0.480 e. The van der Waals surface area contributed by atoms with Crippen LogP contribution in [0.1, 0.15) is 55.8 Å². The highest BCUT2D eigenvalue weighted by atomic mass is 16.4. The molecule has 4 saturated carbocycles. The molecular formula is C15H21N3O2. The molecule has 0 radical (unpaired) electrons. The highest BCUT2D eigenvalue weighted by Gasteiger charge is 2.53. The van der Waals surface area contributed by atoms with Crippen LogP contribution < -0.4 is 5.73 Å². The molecule has 4 bridgehead atoms. The monoisotopic (exact) mass is 275 g/mol. The SMILES string of the molecule is NC(C(=O)O)c1[nH]ncc1C12CC3CC(CC(C3)C1)C2. The number of hydrogen-bond donors (Lipinski definition) is 3. The molecule has 20 heavy (non-hydrogen) atoms. The van der Waals surface area contributed by atoms with Crippen molar-refractivity contribution in [1.29, 1.82) is 0 Å². The van der Waals surface area contributed by atoms with Gasteiger partial charge in [0.25, 0.3) is 0 Å². The van der Waals surface area contributed by atoms with Gasteiger partial charge in [0.05, 0.1) is 11.9 Å². The Morgan fingerprint density at radius 2 is 1.85 bits per heavy atom. The number of aromatic amines is 1. The zero-order valence-electron chi connectivity index (χ0n) is 11.5. The van der Waals surface area contributed by atoms with Crippen molar-refractivity contribution in [2.24, 2.45) is 23.5 Å². The Hall–Kier alpha value is -1.36. The van der Waals surface area contributed by atoms with Gasteiger partial charge < -0.3 is 10.8 Å². The van der Waals surface area contributed by atoms with Crippen molar-refractivity contribution in [2.75, 3.05) is 0 Å². The zero-order valence-corrected chi connectivity index (χ0v) is 11.5. The molecule has 0 aliphatic heterocycles. The van der Waals surface area contributed by atoms with E-state index >= 15 is 0 Å². The molecule has 0 amide bonds. The van der Waals surface area contributed by atoms with Crippen LogP contribution in [0.3, 0.4) is 0 Å². The van der Waals surface area contributed by atoms with E-state index in [1.54, 1.807) is 0 Å². The molecule has 108 valence electrons. The maximum Gasteiger partial charge on any atom is 0.326 e. The predicted octanol–water partition coefficient (Wildman–Crippen LogP) is 1.96. The van der Waals surface area contributed by atoms with E-state index in [2.05, 4.69) is 10.2 Å². The third kappa shape index (κ3) is 1.65. The Kier molecular flexibility index (Phi) is 2.52. The summed E-state index contributed by atoms with van der Waals surface area (Å²) in [4.78, 5) is 11.2. The number of aliphatic carboxylic acids is 1. The Bertz CT molecular complexity index is 516.